The molecular weight excluding hydrogens is 370 g/mol. The Morgan fingerprint density at radius 1 is 1.26 bits per heavy atom. The summed E-state index contributed by atoms with van der Waals surface area (Å²) in [6.45, 7) is 6.92. The molecule has 0 unspecified atom stereocenters. The van der Waals surface area contributed by atoms with E-state index >= 15 is 0 Å². The Kier molecular flexibility index (Phi) is 4.83. The molecule has 0 atom stereocenters. The third-order valence-electron chi connectivity index (χ3n) is 3.62. The van der Waals surface area contributed by atoms with Gasteiger partial charge in [-0.05, 0) is 44.9 Å². The summed E-state index contributed by atoms with van der Waals surface area (Å²) >= 11 is 0. The van der Waals surface area contributed by atoms with Crippen molar-refractivity contribution in [2.45, 2.75) is 39.0 Å². The number of carbonyl (C=O) groups excluding carboxylic acids is 1. The minimum Gasteiger partial charge on any atom is -0.459 e. The van der Waals surface area contributed by atoms with Crippen LogP contribution in [0.2, 0.25) is 0 Å². The molecule has 2 aromatic heterocycles. The zero-order valence-corrected chi connectivity index (χ0v) is 16.1. The molecule has 142 valence electrons. The predicted octanol–water partition coefficient (Wildman–Crippen LogP) is 2.11. The summed E-state index contributed by atoms with van der Waals surface area (Å²) in [6.07, 6.45) is 2.85. The smallest absolute Gasteiger partial charge is 0.340 e. The summed E-state index contributed by atoms with van der Waals surface area (Å²) in [5, 5.41) is 3.53. The quantitative estimate of drug-likeness (QED) is 0.664. The number of nitrogens with zero attached hydrogens (tertiary/aromatic N) is 4. The van der Waals surface area contributed by atoms with Gasteiger partial charge in [-0.1, -0.05) is 12.1 Å². The molecule has 10 heteroatoms. The molecule has 0 aliphatic rings. The van der Waals surface area contributed by atoms with Crippen LogP contribution in [0.4, 0.5) is 5.69 Å². The third-order valence-corrected chi connectivity index (χ3v) is 4.74. The average Bonchev–Trinajstić information content (AvgIpc) is 3.00. The van der Waals surface area contributed by atoms with Gasteiger partial charge in [0.05, 0.1) is 17.4 Å². The van der Waals surface area contributed by atoms with Crippen LogP contribution in [-0.2, 0) is 14.8 Å². The van der Waals surface area contributed by atoms with Crippen molar-refractivity contribution in [2.24, 2.45) is 0 Å². The summed E-state index contributed by atoms with van der Waals surface area (Å²) in [4.78, 5) is 20.3. The number of aromatic nitrogens is 4. The molecular formula is C17H19N5O4S. The number of fused-ring (bicyclic) bond motifs is 1. The molecule has 0 amide bonds. The monoisotopic (exact) mass is 389 g/mol. The highest BCUT2D eigenvalue weighted by Crippen LogP contribution is 2.24. The van der Waals surface area contributed by atoms with Gasteiger partial charge in [0, 0.05) is 12.4 Å². The number of aryl methyl sites for hydroxylation is 2. The Hall–Kier alpha value is -3.01. The second kappa shape index (κ2) is 6.95. The van der Waals surface area contributed by atoms with Crippen molar-refractivity contribution in [1.82, 2.24) is 19.6 Å². The maximum atomic E-state index is 12.8. The molecule has 0 saturated carbocycles. The number of esters is 1. The van der Waals surface area contributed by atoms with Gasteiger partial charge in [0.25, 0.3) is 21.0 Å². The maximum absolute atomic E-state index is 12.8. The van der Waals surface area contributed by atoms with E-state index in [4.69, 9.17) is 4.74 Å². The fraction of sp³-hybridized carbons (Fsp3) is 0.294. The number of para-hydroxylation sites is 1. The van der Waals surface area contributed by atoms with E-state index in [2.05, 4.69) is 19.8 Å². The van der Waals surface area contributed by atoms with Crippen molar-refractivity contribution in [3.63, 3.8) is 0 Å². The first-order valence-corrected chi connectivity index (χ1v) is 9.68. The van der Waals surface area contributed by atoms with E-state index < -0.39 is 21.1 Å². The molecule has 0 bridgehead atoms. The number of sulfonamides is 1. The van der Waals surface area contributed by atoms with E-state index in [0.717, 1.165) is 5.56 Å². The predicted molar refractivity (Wildman–Crippen MR) is 98.1 cm³/mol. The van der Waals surface area contributed by atoms with Crippen molar-refractivity contribution >= 4 is 27.5 Å². The van der Waals surface area contributed by atoms with Crippen LogP contribution in [0.1, 0.15) is 35.3 Å². The minimum atomic E-state index is -4.14. The van der Waals surface area contributed by atoms with E-state index in [9.17, 15) is 13.2 Å². The standard InChI is InChI=1S/C17H19N5O4S/c1-10(2)26-15(23)13-7-5-6-12(4)14(13)21-27(24,25)17-19-16-18-8-11(3)9-22(16)20-17/h5-10,21H,1-4H3. The second-order valence-electron chi connectivity index (χ2n) is 6.33. The van der Waals surface area contributed by atoms with Crippen LogP contribution in [0, 0.1) is 13.8 Å². The molecule has 27 heavy (non-hydrogen) atoms. The van der Waals surface area contributed by atoms with E-state index in [1.165, 1.54) is 10.6 Å². The van der Waals surface area contributed by atoms with Gasteiger partial charge in [-0.2, -0.15) is 13.4 Å². The van der Waals surface area contributed by atoms with Crippen LogP contribution >= 0.6 is 0 Å². The van der Waals surface area contributed by atoms with Crippen LogP contribution in [0.3, 0.4) is 0 Å². The summed E-state index contributed by atoms with van der Waals surface area (Å²) < 4.78 is 34.4. The molecule has 2 heterocycles. The van der Waals surface area contributed by atoms with E-state index in [1.54, 1.807) is 52.2 Å². The highest BCUT2D eigenvalue weighted by Gasteiger charge is 2.25. The summed E-state index contributed by atoms with van der Waals surface area (Å²) in [5.41, 5.74) is 1.62. The Morgan fingerprint density at radius 2 is 2.00 bits per heavy atom. The second-order valence-corrected chi connectivity index (χ2v) is 7.90. The molecule has 0 saturated heterocycles. The largest absolute Gasteiger partial charge is 0.459 e. The fourth-order valence-corrected chi connectivity index (χ4v) is 3.43. The van der Waals surface area contributed by atoms with Crippen molar-refractivity contribution in [3.8, 4) is 0 Å². The lowest BCUT2D eigenvalue weighted by Gasteiger charge is -2.14. The first-order valence-electron chi connectivity index (χ1n) is 8.20. The zero-order valence-electron chi connectivity index (χ0n) is 15.3. The van der Waals surface area contributed by atoms with Crippen LogP contribution in [0.15, 0.2) is 35.7 Å². The van der Waals surface area contributed by atoms with Gasteiger partial charge in [-0.25, -0.2) is 14.3 Å². The topological polar surface area (TPSA) is 116 Å². The maximum Gasteiger partial charge on any atom is 0.340 e. The normalized spacial score (nSPS) is 11.7. The lowest BCUT2D eigenvalue weighted by Crippen LogP contribution is -2.20. The molecule has 1 N–H and O–H groups in total. The summed E-state index contributed by atoms with van der Waals surface area (Å²) in [5.74, 6) is -0.461. The minimum absolute atomic E-state index is 0.116. The average molecular weight is 389 g/mol. The molecule has 0 spiro atoms. The summed E-state index contributed by atoms with van der Waals surface area (Å²) in [7, 11) is -4.14. The third kappa shape index (κ3) is 3.90. The number of benzene rings is 1. The van der Waals surface area contributed by atoms with Crippen LogP contribution in [-0.4, -0.2) is 40.1 Å². The first-order chi connectivity index (χ1) is 12.7. The Morgan fingerprint density at radius 3 is 2.70 bits per heavy atom. The lowest BCUT2D eigenvalue weighted by atomic mass is 10.1. The van der Waals surface area contributed by atoms with Gasteiger partial charge in [-0.15, -0.1) is 5.10 Å². The van der Waals surface area contributed by atoms with Gasteiger partial charge in [0.1, 0.15) is 0 Å². The molecule has 0 radical (unpaired) electrons. The SMILES string of the molecule is Cc1cnc2nc(S(=O)(=O)Nc3c(C)cccc3C(=O)OC(C)C)nn2c1. The molecule has 0 fully saturated rings. The number of carbonyl (C=O) groups is 1. The van der Waals surface area contributed by atoms with Gasteiger partial charge < -0.3 is 4.74 Å². The van der Waals surface area contributed by atoms with Gasteiger partial charge in [0.15, 0.2) is 0 Å². The number of ether oxygens (including phenoxy) is 1. The molecule has 3 rings (SSSR count). The molecule has 0 aliphatic heterocycles. The van der Waals surface area contributed by atoms with Gasteiger partial charge in [0.2, 0.25) is 0 Å². The Labute approximate surface area is 156 Å². The Balaban J connectivity index is 2.01. The Bertz CT molecular complexity index is 1120. The van der Waals surface area contributed by atoms with E-state index in [-0.39, 0.29) is 23.1 Å². The molecule has 0 aliphatic carbocycles. The van der Waals surface area contributed by atoms with Crippen molar-refractivity contribution in [2.75, 3.05) is 4.72 Å². The van der Waals surface area contributed by atoms with Crippen LogP contribution in [0.5, 0.6) is 0 Å². The molecule has 3 aromatic rings. The number of anilines is 1. The van der Waals surface area contributed by atoms with E-state index in [1.807, 2.05) is 0 Å². The van der Waals surface area contributed by atoms with Gasteiger partial charge in [-0.3, -0.25) is 4.72 Å². The number of hydrogen-bond donors (Lipinski definition) is 1. The highest BCUT2D eigenvalue weighted by atomic mass is 32.2. The lowest BCUT2D eigenvalue weighted by molar-refractivity contribution is 0.0379. The number of rotatable bonds is 5. The van der Waals surface area contributed by atoms with Crippen LogP contribution in [0.25, 0.3) is 5.78 Å². The van der Waals surface area contributed by atoms with Crippen molar-refractivity contribution in [1.29, 1.82) is 0 Å². The fourth-order valence-electron chi connectivity index (χ4n) is 2.40. The molecule has 1 aromatic carbocycles. The summed E-state index contributed by atoms with van der Waals surface area (Å²) in [6, 6.07) is 4.84. The van der Waals surface area contributed by atoms with Gasteiger partial charge >= 0.3 is 5.97 Å². The van der Waals surface area contributed by atoms with Crippen molar-refractivity contribution < 1.29 is 17.9 Å². The van der Waals surface area contributed by atoms with E-state index in [0.29, 0.717) is 5.56 Å². The number of hydrogen-bond acceptors (Lipinski definition) is 7. The first kappa shape index (κ1) is 18.8. The van der Waals surface area contributed by atoms with Crippen LogP contribution < -0.4 is 4.72 Å². The highest BCUT2D eigenvalue weighted by molar-refractivity contribution is 7.92. The van der Waals surface area contributed by atoms with Crippen molar-refractivity contribution in [3.05, 3.63) is 47.3 Å². The molecule has 9 nitrogen and oxygen atoms in total. The number of nitrogens with one attached hydrogen (secondary N) is 1. The zero-order chi connectivity index (χ0) is 19.8.